The summed E-state index contributed by atoms with van der Waals surface area (Å²) in [5.74, 6) is 1.28. The zero-order valence-corrected chi connectivity index (χ0v) is 11.6. The van der Waals surface area contributed by atoms with Crippen LogP contribution in [-0.4, -0.2) is 32.2 Å². The van der Waals surface area contributed by atoms with E-state index < -0.39 is 0 Å². The summed E-state index contributed by atoms with van der Waals surface area (Å²) in [6.45, 7) is 5.33. The molecule has 18 heavy (non-hydrogen) atoms. The summed E-state index contributed by atoms with van der Waals surface area (Å²) in [5.41, 5.74) is 5.55. The second kappa shape index (κ2) is 9.34. The lowest BCUT2D eigenvalue weighted by Crippen LogP contribution is -2.33. The van der Waals surface area contributed by atoms with E-state index in [2.05, 4.69) is 12.2 Å². The van der Waals surface area contributed by atoms with Gasteiger partial charge in [-0.2, -0.15) is 0 Å². The third-order valence-electron chi connectivity index (χ3n) is 3.77. The topological polar surface area (TPSA) is 64.4 Å². The highest BCUT2D eigenvalue weighted by Gasteiger charge is 2.15. The fourth-order valence-corrected chi connectivity index (χ4v) is 2.44. The van der Waals surface area contributed by atoms with E-state index >= 15 is 0 Å². The molecular weight excluding hydrogens is 228 g/mol. The third-order valence-corrected chi connectivity index (χ3v) is 3.77. The van der Waals surface area contributed by atoms with E-state index in [9.17, 15) is 4.79 Å². The first-order valence-corrected chi connectivity index (χ1v) is 7.30. The zero-order valence-electron chi connectivity index (χ0n) is 11.6. The molecule has 4 nitrogen and oxygen atoms in total. The second-order valence-corrected chi connectivity index (χ2v) is 5.28. The van der Waals surface area contributed by atoms with Gasteiger partial charge in [0.2, 0.25) is 5.91 Å². The molecule has 2 atom stereocenters. The number of nitrogens with two attached hydrogens (primary N) is 1. The highest BCUT2D eigenvalue weighted by Crippen LogP contribution is 2.15. The molecule has 0 saturated carbocycles. The van der Waals surface area contributed by atoms with Crippen LogP contribution < -0.4 is 11.1 Å². The SMILES string of the molecule is CCC(CCN)CCC(=O)NCC1CCCOC1. The predicted molar refractivity (Wildman–Crippen MR) is 73.2 cm³/mol. The van der Waals surface area contributed by atoms with Gasteiger partial charge in [-0.3, -0.25) is 4.79 Å². The van der Waals surface area contributed by atoms with Crippen LogP contribution in [0.15, 0.2) is 0 Å². The number of nitrogens with one attached hydrogen (secondary N) is 1. The molecule has 0 spiro atoms. The van der Waals surface area contributed by atoms with Crippen molar-refractivity contribution in [1.29, 1.82) is 0 Å². The Labute approximate surface area is 111 Å². The molecule has 1 rings (SSSR count). The molecule has 1 aliphatic heterocycles. The van der Waals surface area contributed by atoms with E-state index in [0.29, 0.717) is 18.3 Å². The lowest BCUT2D eigenvalue weighted by Gasteiger charge is -2.22. The zero-order chi connectivity index (χ0) is 13.2. The van der Waals surface area contributed by atoms with Crippen LogP contribution in [0.5, 0.6) is 0 Å². The van der Waals surface area contributed by atoms with Gasteiger partial charge in [0, 0.05) is 19.6 Å². The van der Waals surface area contributed by atoms with Gasteiger partial charge >= 0.3 is 0 Å². The Bertz CT molecular complexity index is 217. The van der Waals surface area contributed by atoms with Gasteiger partial charge in [-0.1, -0.05) is 13.3 Å². The van der Waals surface area contributed by atoms with Crippen LogP contribution in [0.2, 0.25) is 0 Å². The van der Waals surface area contributed by atoms with Crippen LogP contribution in [0.25, 0.3) is 0 Å². The van der Waals surface area contributed by atoms with Gasteiger partial charge < -0.3 is 15.8 Å². The number of carbonyl (C=O) groups is 1. The fourth-order valence-electron chi connectivity index (χ4n) is 2.44. The minimum atomic E-state index is 0.177. The molecule has 1 amide bonds. The van der Waals surface area contributed by atoms with E-state index in [1.807, 2.05) is 0 Å². The smallest absolute Gasteiger partial charge is 0.220 e. The number of amides is 1. The van der Waals surface area contributed by atoms with Gasteiger partial charge in [-0.25, -0.2) is 0 Å². The Kier molecular flexibility index (Phi) is 8.01. The molecular formula is C14H28N2O2. The molecule has 1 fully saturated rings. The lowest BCUT2D eigenvalue weighted by atomic mass is 9.96. The van der Waals surface area contributed by atoms with E-state index in [1.54, 1.807) is 0 Å². The Balaban J connectivity index is 2.08. The molecule has 2 unspecified atom stereocenters. The molecule has 1 aliphatic rings. The predicted octanol–water partition coefficient (Wildman–Crippen LogP) is 1.68. The van der Waals surface area contributed by atoms with Gasteiger partial charge in [0.25, 0.3) is 0 Å². The van der Waals surface area contributed by atoms with Crippen molar-refractivity contribution in [2.45, 2.75) is 45.4 Å². The van der Waals surface area contributed by atoms with Crippen LogP contribution >= 0.6 is 0 Å². The van der Waals surface area contributed by atoms with E-state index in [0.717, 1.165) is 52.0 Å². The highest BCUT2D eigenvalue weighted by molar-refractivity contribution is 5.75. The van der Waals surface area contributed by atoms with Gasteiger partial charge in [-0.05, 0) is 44.1 Å². The van der Waals surface area contributed by atoms with Crippen molar-refractivity contribution < 1.29 is 9.53 Å². The summed E-state index contributed by atoms with van der Waals surface area (Å²) in [6.07, 6.45) is 6.02. The number of hydrogen-bond donors (Lipinski definition) is 2. The van der Waals surface area contributed by atoms with Gasteiger partial charge in [-0.15, -0.1) is 0 Å². The number of rotatable bonds is 8. The second-order valence-electron chi connectivity index (χ2n) is 5.28. The Morgan fingerprint density at radius 1 is 1.50 bits per heavy atom. The maximum Gasteiger partial charge on any atom is 0.220 e. The Hall–Kier alpha value is -0.610. The van der Waals surface area contributed by atoms with Gasteiger partial charge in [0.15, 0.2) is 0 Å². The van der Waals surface area contributed by atoms with Gasteiger partial charge in [0.05, 0.1) is 6.61 Å². The van der Waals surface area contributed by atoms with Gasteiger partial charge in [0.1, 0.15) is 0 Å². The monoisotopic (exact) mass is 256 g/mol. The molecule has 1 heterocycles. The molecule has 1 saturated heterocycles. The summed E-state index contributed by atoms with van der Waals surface area (Å²) in [6, 6.07) is 0. The number of carbonyl (C=O) groups excluding carboxylic acids is 1. The highest BCUT2D eigenvalue weighted by atomic mass is 16.5. The van der Waals surface area contributed by atoms with Crippen molar-refractivity contribution in [2.24, 2.45) is 17.6 Å². The summed E-state index contributed by atoms with van der Waals surface area (Å²) in [5, 5.41) is 3.02. The normalized spacial score (nSPS) is 21.6. The van der Waals surface area contributed by atoms with E-state index in [4.69, 9.17) is 10.5 Å². The first kappa shape index (κ1) is 15.4. The maximum atomic E-state index is 11.7. The summed E-state index contributed by atoms with van der Waals surface area (Å²) in [4.78, 5) is 11.7. The average Bonchev–Trinajstić information content (AvgIpc) is 2.42. The third kappa shape index (κ3) is 6.36. The van der Waals surface area contributed by atoms with Crippen molar-refractivity contribution in [2.75, 3.05) is 26.3 Å². The molecule has 0 aromatic carbocycles. The van der Waals surface area contributed by atoms with Crippen LogP contribution in [0.4, 0.5) is 0 Å². The summed E-state index contributed by atoms with van der Waals surface area (Å²) >= 11 is 0. The first-order chi connectivity index (χ1) is 8.76. The Morgan fingerprint density at radius 3 is 2.94 bits per heavy atom. The van der Waals surface area contributed by atoms with Crippen LogP contribution in [0, 0.1) is 11.8 Å². The molecule has 0 aliphatic carbocycles. The van der Waals surface area contributed by atoms with E-state index in [1.165, 1.54) is 6.42 Å². The maximum absolute atomic E-state index is 11.7. The molecule has 106 valence electrons. The first-order valence-electron chi connectivity index (χ1n) is 7.30. The fraction of sp³-hybridized carbons (Fsp3) is 0.929. The molecule has 0 aromatic heterocycles. The summed E-state index contributed by atoms with van der Waals surface area (Å²) < 4.78 is 5.40. The molecule has 3 N–H and O–H groups in total. The molecule has 4 heteroatoms. The molecule has 0 aromatic rings. The van der Waals surface area contributed by atoms with Crippen molar-refractivity contribution in [3.8, 4) is 0 Å². The van der Waals surface area contributed by atoms with Crippen molar-refractivity contribution in [3.63, 3.8) is 0 Å². The standard InChI is InChI=1S/C14H28N2O2/c1-2-12(7-8-15)5-6-14(17)16-10-13-4-3-9-18-11-13/h12-13H,2-11,15H2,1H3,(H,16,17). The summed E-state index contributed by atoms with van der Waals surface area (Å²) in [7, 11) is 0. The van der Waals surface area contributed by atoms with Crippen LogP contribution in [0.1, 0.15) is 45.4 Å². The number of hydrogen-bond acceptors (Lipinski definition) is 3. The lowest BCUT2D eigenvalue weighted by molar-refractivity contribution is -0.121. The largest absolute Gasteiger partial charge is 0.381 e. The van der Waals surface area contributed by atoms with Crippen molar-refractivity contribution in [1.82, 2.24) is 5.32 Å². The number of ether oxygens (including phenoxy) is 1. The minimum absolute atomic E-state index is 0.177. The van der Waals surface area contributed by atoms with Crippen LogP contribution in [0.3, 0.4) is 0 Å². The van der Waals surface area contributed by atoms with Crippen molar-refractivity contribution >= 4 is 5.91 Å². The van der Waals surface area contributed by atoms with E-state index in [-0.39, 0.29) is 5.91 Å². The Morgan fingerprint density at radius 2 is 2.33 bits per heavy atom. The van der Waals surface area contributed by atoms with Crippen molar-refractivity contribution in [3.05, 3.63) is 0 Å². The minimum Gasteiger partial charge on any atom is -0.381 e. The molecule has 0 radical (unpaired) electrons. The molecule has 0 bridgehead atoms. The van der Waals surface area contributed by atoms with Crippen LogP contribution in [-0.2, 0) is 9.53 Å². The average molecular weight is 256 g/mol. The quantitative estimate of drug-likeness (QED) is 0.694.